The van der Waals surface area contributed by atoms with E-state index in [0.717, 1.165) is 10.9 Å². The maximum absolute atomic E-state index is 12.5. The number of fused-ring (bicyclic) bond motifs is 1. The second-order valence-corrected chi connectivity index (χ2v) is 6.57. The summed E-state index contributed by atoms with van der Waals surface area (Å²) in [5, 5.41) is 0.754. The average Bonchev–Trinajstić information content (AvgIpc) is 2.56. The number of rotatable bonds is 5. The van der Waals surface area contributed by atoms with Gasteiger partial charge in [0.15, 0.2) is 0 Å². The number of hydrogen-bond acceptors (Lipinski definition) is 4. The molecule has 23 heavy (non-hydrogen) atoms. The van der Waals surface area contributed by atoms with E-state index in [0.29, 0.717) is 18.0 Å². The highest BCUT2D eigenvalue weighted by Gasteiger charge is 2.15. The molecule has 0 fully saturated rings. The second kappa shape index (κ2) is 6.26. The van der Waals surface area contributed by atoms with E-state index in [-0.39, 0.29) is 4.90 Å². The molecular weight excluding hydrogens is 312 g/mol. The van der Waals surface area contributed by atoms with Crippen LogP contribution in [-0.2, 0) is 10.0 Å². The van der Waals surface area contributed by atoms with Gasteiger partial charge in [0, 0.05) is 11.6 Å². The summed E-state index contributed by atoms with van der Waals surface area (Å²) in [6.45, 7) is 2.41. The van der Waals surface area contributed by atoms with Crippen LogP contribution in [0, 0.1) is 0 Å². The zero-order valence-corrected chi connectivity index (χ0v) is 13.4. The van der Waals surface area contributed by atoms with Crippen molar-refractivity contribution in [3.05, 3.63) is 60.8 Å². The average molecular weight is 328 g/mol. The van der Waals surface area contributed by atoms with E-state index in [1.165, 1.54) is 12.1 Å². The van der Waals surface area contributed by atoms with Crippen LogP contribution in [0.1, 0.15) is 6.92 Å². The molecule has 0 saturated carbocycles. The molecule has 6 heteroatoms. The van der Waals surface area contributed by atoms with Crippen molar-refractivity contribution >= 4 is 26.6 Å². The molecule has 0 radical (unpaired) electrons. The SMILES string of the molecule is CCOc1ccc(S(=O)(=O)Nc2cccc3ncccc23)cc1. The fourth-order valence-corrected chi connectivity index (χ4v) is 3.36. The van der Waals surface area contributed by atoms with Gasteiger partial charge in [-0.25, -0.2) is 8.42 Å². The summed E-state index contributed by atoms with van der Waals surface area (Å²) in [4.78, 5) is 4.41. The topological polar surface area (TPSA) is 68.3 Å². The Labute approximate surface area is 135 Å². The Balaban J connectivity index is 1.93. The zero-order chi connectivity index (χ0) is 16.3. The van der Waals surface area contributed by atoms with Crippen LogP contribution in [-0.4, -0.2) is 20.0 Å². The van der Waals surface area contributed by atoms with Crippen molar-refractivity contribution < 1.29 is 13.2 Å². The lowest BCUT2D eigenvalue weighted by atomic mass is 10.2. The van der Waals surface area contributed by atoms with E-state index >= 15 is 0 Å². The van der Waals surface area contributed by atoms with Crippen LogP contribution in [0.15, 0.2) is 65.7 Å². The first kappa shape index (κ1) is 15.3. The maximum atomic E-state index is 12.5. The number of benzene rings is 2. The van der Waals surface area contributed by atoms with Crippen LogP contribution in [0.2, 0.25) is 0 Å². The Kier molecular flexibility index (Phi) is 4.16. The molecule has 3 rings (SSSR count). The van der Waals surface area contributed by atoms with Crippen molar-refractivity contribution in [2.45, 2.75) is 11.8 Å². The number of nitrogens with zero attached hydrogens (tertiary/aromatic N) is 1. The molecule has 0 saturated heterocycles. The van der Waals surface area contributed by atoms with Gasteiger partial charge in [0.05, 0.1) is 22.7 Å². The van der Waals surface area contributed by atoms with Crippen LogP contribution in [0.25, 0.3) is 10.9 Å². The van der Waals surface area contributed by atoms with Gasteiger partial charge in [-0.1, -0.05) is 6.07 Å². The maximum Gasteiger partial charge on any atom is 0.261 e. The number of aromatic nitrogens is 1. The predicted octanol–water partition coefficient (Wildman–Crippen LogP) is 3.43. The number of anilines is 1. The van der Waals surface area contributed by atoms with Crippen molar-refractivity contribution in [2.75, 3.05) is 11.3 Å². The molecule has 1 heterocycles. The molecule has 0 spiro atoms. The summed E-state index contributed by atoms with van der Waals surface area (Å²) < 4.78 is 33.0. The third-order valence-corrected chi connectivity index (χ3v) is 4.72. The molecule has 0 unspecified atom stereocenters. The molecule has 0 aliphatic heterocycles. The van der Waals surface area contributed by atoms with Gasteiger partial charge in [0.2, 0.25) is 0 Å². The van der Waals surface area contributed by atoms with Crippen molar-refractivity contribution in [3.8, 4) is 5.75 Å². The normalized spacial score (nSPS) is 11.3. The Morgan fingerprint density at radius 2 is 1.83 bits per heavy atom. The fourth-order valence-electron chi connectivity index (χ4n) is 2.28. The first-order valence-corrected chi connectivity index (χ1v) is 8.68. The molecule has 0 atom stereocenters. The molecule has 3 aromatic rings. The summed E-state index contributed by atoms with van der Waals surface area (Å²) >= 11 is 0. The number of ether oxygens (including phenoxy) is 1. The lowest BCUT2D eigenvalue weighted by Crippen LogP contribution is -2.13. The van der Waals surface area contributed by atoms with E-state index in [9.17, 15) is 8.42 Å². The minimum absolute atomic E-state index is 0.182. The van der Waals surface area contributed by atoms with E-state index < -0.39 is 10.0 Å². The van der Waals surface area contributed by atoms with Crippen LogP contribution in [0.4, 0.5) is 5.69 Å². The van der Waals surface area contributed by atoms with Gasteiger partial charge in [-0.05, 0) is 55.5 Å². The van der Waals surface area contributed by atoms with Crippen LogP contribution in [0.5, 0.6) is 5.75 Å². The quantitative estimate of drug-likeness (QED) is 0.779. The molecule has 0 aliphatic rings. The second-order valence-electron chi connectivity index (χ2n) is 4.89. The van der Waals surface area contributed by atoms with Gasteiger partial charge in [-0.3, -0.25) is 9.71 Å². The highest BCUT2D eigenvalue weighted by atomic mass is 32.2. The third kappa shape index (κ3) is 3.27. The van der Waals surface area contributed by atoms with Crippen molar-refractivity contribution in [2.24, 2.45) is 0 Å². The van der Waals surface area contributed by atoms with Crippen LogP contribution in [0.3, 0.4) is 0 Å². The number of hydrogen-bond donors (Lipinski definition) is 1. The number of sulfonamides is 1. The van der Waals surface area contributed by atoms with Crippen LogP contribution >= 0.6 is 0 Å². The first-order valence-electron chi connectivity index (χ1n) is 7.19. The first-order chi connectivity index (χ1) is 11.1. The third-order valence-electron chi connectivity index (χ3n) is 3.34. The minimum atomic E-state index is -3.67. The molecule has 118 valence electrons. The van der Waals surface area contributed by atoms with Crippen LogP contribution < -0.4 is 9.46 Å². The fraction of sp³-hybridized carbons (Fsp3) is 0.118. The van der Waals surface area contributed by atoms with Gasteiger partial charge in [-0.2, -0.15) is 0 Å². The molecule has 0 aliphatic carbocycles. The predicted molar refractivity (Wildman–Crippen MR) is 90.2 cm³/mol. The molecular formula is C17H16N2O3S. The van der Waals surface area contributed by atoms with Gasteiger partial charge >= 0.3 is 0 Å². The molecule has 1 aromatic heterocycles. The summed E-state index contributed by atoms with van der Waals surface area (Å²) in [5.74, 6) is 0.640. The van der Waals surface area contributed by atoms with E-state index in [1.807, 2.05) is 19.1 Å². The highest BCUT2D eigenvalue weighted by Crippen LogP contribution is 2.25. The van der Waals surface area contributed by atoms with Crippen molar-refractivity contribution in [3.63, 3.8) is 0 Å². The standard InChI is InChI=1S/C17H16N2O3S/c1-2-22-13-8-10-14(11-9-13)23(20,21)19-17-7-3-6-16-15(17)5-4-12-18-16/h3-12,19H,2H2,1H3. The van der Waals surface area contributed by atoms with Crippen molar-refractivity contribution in [1.82, 2.24) is 4.98 Å². The van der Waals surface area contributed by atoms with Crippen molar-refractivity contribution in [1.29, 1.82) is 0 Å². The van der Waals surface area contributed by atoms with Gasteiger partial charge in [-0.15, -0.1) is 0 Å². The summed E-state index contributed by atoms with van der Waals surface area (Å²) in [6, 6.07) is 15.3. The number of pyridine rings is 1. The lowest BCUT2D eigenvalue weighted by Gasteiger charge is -2.11. The Morgan fingerprint density at radius 1 is 1.04 bits per heavy atom. The summed E-state index contributed by atoms with van der Waals surface area (Å²) in [7, 11) is -3.67. The summed E-state index contributed by atoms with van der Waals surface area (Å²) in [6.07, 6.45) is 1.67. The van der Waals surface area contributed by atoms with E-state index in [1.54, 1.807) is 36.5 Å². The zero-order valence-electron chi connectivity index (χ0n) is 12.6. The highest BCUT2D eigenvalue weighted by molar-refractivity contribution is 7.92. The van der Waals surface area contributed by atoms with Gasteiger partial charge < -0.3 is 4.74 Å². The summed E-state index contributed by atoms with van der Waals surface area (Å²) in [5.41, 5.74) is 1.24. The van der Waals surface area contributed by atoms with E-state index in [4.69, 9.17) is 4.74 Å². The molecule has 0 amide bonds. The van der Waals surface area contributed by atoms with Gasteiger partial charge in [0.25, 0.3) is 10.0 Å². The van der Waals surface area contributed by atoms with E-state index in [2.05, 4.69) is 9.71 Å². The minimum Gasteiger partial charge on any atom is -0.494 e. The molecule has 2 aromatic carbocycles. The Morgan fingerprint density at radius 3 is 2.57 bits per heavy atom. The largest absolute Gasteiger partial charge is 0.494 e. The monoisotopic (exact) mass is 328 g/mol. The Bertz CT molecular complexity index is 917. The number of nitrogens with one attached hydrogen (secondary N) is 1. The smallest absolute Gasteiger partial charge is 0.261 e. The molecule has 1 N–H and O–H groups in total. The molecule has 5 nitrogen and oxygen atoms in total. The molecule has 0 bridgehead atoms. The lowest BCUT2D eigenvalue weighted by molar-refractivity contribution is 0.340. The Hall–Kier alpha value is -2.60. The van der Waals surface area contributed by atoms with Gasteiger partial charge in [0.1, 0.15) is 5.75 Å².